The zero-order valence-electron chi connectivity index (χ0n) is 15.6. The summed E-state index contributed by atoms with van der Waals surface area (Å²) in [6.07, 6.45) is 3.93. The normalized spacial score (nSPS) is 14.4. The molecule has 1 saturated carbocycles. The van der Waals surface area contributed by atoms with E-state index in [2.05, 4.69) is 5.32 Å². The summed E-state index contributed by atoms with van der Waals surface area (Å²) >= 11 is 18.8. The first-order valence-corrected chi connectivity index (χ1v) is 10.6. The Bertz CT molecular complexity index is 1080. The molecule has 1 aromatic heterocycles. The van der Waals surface area contributed by atoms with Gasteiger partial charge in [-0.1, -0.05) is 59.8 Å². The minimum absolute atomic E-state index is 0.0521. The van der Waals surface area contributed by atoms with Crippen LogP contribution in [-0.4, -0.2) is 22.3 Å². The Balaban J connectivity index is 1.73. The van der Waals surface area contributed by atoms with Gasteiger partial charge in [-0.15, -0.1) is 0 Å². The van der Waals surface area contributed by atoms with Crippen LogP contribution in [0, 0.1) is 0 Å². The molecule has 1 fully saturated rings. The SMILES string of the molecule is O=C(NC1CCCC1)C(=O)c1c(Cl)n(Cc2ccc(Cl)cc2)c2ccc(Cl)cc12. The highest BCUT2D eigenvalue weighted by Crippen LogP contribution is 2.33. The first-order chi connectivity index (χ1) is 13.9. The molecule has 7 heteroatoms. The van der Waals surface area contributed by atoms with E-state index in [1.165, 1.54) is 0 Å². The molecule has 0 radical (unpaired) electrons. The van der Waals surface area contributed by atoms with Crippen LogP contribution in [0.15, 0.2) is 42.5 Å². The van der Waals surface area contributed by atoms with Crippen LogP contribution in [0.4, 0.5) is 0 Å². The topological polar surface area (TPSA) is 51.1 Å². The maximum absolute atomic E-state index is 13.0. The average Bonchev–Trinajstić information content (AvgIpc) is 3.29. The summed E-state index contributed by atoms with van der Waals surface area (Å²) in [5.41, 5.74) is 1.90. The molecule has 1 N–H and O–H groups in total. The van der Waals surface area contributed by atoms with Crippen LogP contribution in [0.5, 0.6) is 0 Å². The molecule has 1 heterocycles. The van der Waals surface area contributed by atoms with Gasteiger partial charge in [0.25, 0.3) is 11.7 Å². The Morgan fingerprint density at radius 1 is 0.966 bits per heavy atom. The molecule has 4 rings (SSSR count). The number of nitrogens with zero attached hydrogens (tertiary/aromatic N) is 1. The molecule has 0 bridgehead atoms. The van der Waals surface area contributed by atoms with Crippen LogP contribution in [0.1, 0.15) is 41.6 Å². The third kappa shape index (κ3) is 4.16. The number of fused-ring (bicyclic) bond motifs is 1. The van der Waals surface area contributed by atoms with Crippen molar-refractivity contribution >= 4 is 57.4 Å². The Morgan fingerprint density at radius 2 is 1.62 bits per heavy atom. The summed E-state index contributed by atoms with van der Waals surface area (Å²) in [5.74, 6) is -1.26. The monoisotopic (exact) mass is 448 g/mol. The fourth-order valence-corrected chi connectivity index (χ4v) is 4.51. The standard InChI is InChI=1S/C22H19Cl3N2O2/c23-14-7-5-13(6-8-14)12-27-18-10-9-15(24)11-17(18)19(21(27)25)20(28)22(29)26-16-3-1-2-4-16/h5-11,16H,1-4,12H2,(H,26,29). The lowest BCUT2D eigenvalue weighted by atomic mass is 10.1. The van der Waals surface area contributed by atoms with Gasteiger partial charge in [-0.2, -0.15) is 0 Å². The predicted octanol–water partition coefficient (Wildman–Crippen LogP) is 5.89. The van der Waals surface area contributed by atoms with Crippen molar-refractivity contribution in [2.75, 3.05) is 0 Å². The van der Waals surface area contributed by atoms with Gasteiger partial charge in [0.05, 0.1) is 11.1 Å². The number of aromatic nitrogens is 1. The lowest BCUT2D eigenvalue weighted by molar-refractivity contribution is -0.117. The fourth-order valence-electron chi connectivity index (χ4n) is 3.87. The van der Waals surface area contributed by atoms with E-state index < -0.39 is 11.7 Å². The maximum Gasteiger partial charge on any atom is 0.292 e. The molecule has 2 aromatic carbocycles. The van der Waals surface area contributed by atoms with Gasteiger partial charge < -0.3 is 9.88 Å². The summed E-state index contributed by atoms with van der Waals surface area (Å²) in [4.78, 5) is 25.6. The molecule has 4 nitrogen and oxygen atoms in total. The van der Waals surface area contributed by atoms with Gasteiger partial charge in [0.1, 0.15) is 5.15 Å². The lowest BCUT2D eigenvalue weighted by Gasteiger charge is -2.11. The van der Waals surface area contributed by atoms with Crippen LogP contribution in [0.2, 0.25) is 15.2 Å². The number of ketones is 1. The van der Waals surface area contributed by atoms with E-state index in [-0.39, 0.29) is 16.8 Å². The van der Waals surface area contributed by atoms with E-state index in [1.807, 2.05) is 22.8 Å². The lowest BCUT2D eigenvalue weighted by Crippen LogP contribution is -2.37. The highest BCUT2D eigenvalue weighted by Gasteiger charge is 2.28. The molecular weight excluding hydrogens is 431 g/mol. The van der Waals surface area contributed by atoms with Gasteiger partial charge in [-0.05, 0) is 48.7 Å². The summed E-state index contributed by atoms with van der Waals surface area (Å²) in [6.45, 7) is 0.436. The summed E-state index contributed by atoms with van der Waals surface area (Å²) in [5, 5.41) is 4.76. The molecule has 1 aliphatic carbocycles. The van der Waals surface area contributed by atoms with Crippen molar-refractivity contribution in [1.29, 1.82) is 0 Å². The number of Topliss-reactive ketones (excluding diaryl/α,β-unsaturated/α-hetero) is 1. The third-order valence-electron chi connectivity index (χ3n) is 5.34. The summed E-state index contributed by atoms with van der Waals surface area (Å²) in [7, 11) is 0. The van der Waals surface area contributed by atoms with E-state index in [0.717, 1.165) is 36.8 Å². The predicted molar refractivity (Wildman–Crippen MR) is 117 cm³/mol. The van der Waals surface area contributed by atoms with E-state index in [1.54, 1.807) is 24.3 Å². The number of carbonyl (C=O) groups is 2. The second kappa shape index (κ2) is 8.39. The number of nitrogens with one attached hydrogen (secondary N) is 1. The van der Waals surface area contributed by atoms with E-state index in [9.17, 15) is 9.59 Å². The van der Waals surface area contributed by atoms with Crippen LogP contribution >= 0.6 is 34.8 Å². The average molecular weight is 450 g/mol. The van der Waals surface area contributed by atoms with Crippen LogP contribution in [0.3, 0.4) is 0 Å². The van der Waals surface area contributed by atoms with Crippen molar-refractivity contribution in [3.05, 3.63) is 68.8 Å². The van der Waals surface area contributed by atoms with Gasteiger partial charge in [0.2, 0.25) is 0 Å². The molecule has 0 saturated heterocycles. The number of carbonyl (C=O) groups excluding carboxylic acids is 2. The van der Waals surface area contributed by atoms with Crippen molar-refractivity contribution < 1.29 is 9.59 Å². The molecule has 0 spiro atoms. The summed E-state index contributed by atoms with van der Waals surface area (Å²) < 4.78 is 1.81. The van der Waals surface area contributed by atoms with Crippen LogP contribution in [0.25, 0.3) is 10.9 Å². The molecule has 29 heavy (non-hydrogen) atoms. The van der Waals surface area contributed by atoms with Crippen molar-refractivity contribution in [2.45, 2.75) is 38.3 Å². The molecule has 3 aromatic rings. The van der Waals surface area contributed by atoms with Crippen molar-refractivity contribution in [1.82, 2.24) is 9.88 Å². The van der Waals surface area contributed by atoms with Crippen molar-refractivity contribution in [3.8, 4) is 0 Å². The zero-order valence-corrected chi connectivity index (χ0v) is 17.8. The van der Waals surface area contributed by atoms with Crippen molar-refractivity contribution in [3.63, 3.8) is 0 Å². The van der Waals surface area contributed by atoms with Gasteiger partial charge in [0, 0.05) is 28.0 Å². The van der Waals surface area contributed by atoms with E-state index in [0.29, 0.717) is 22.0 Å². The van der Waals surface area contributed by atoms with Gasteiger partial charge in [-0.25, -0.2) is 0 Å². The largest absolute Gasteiger partial charge is 0.346 e. The second-order valence-electron chi connectivity index (χ2n) is 7.32. The Labute approximate surface area is 183 Å². The molecule has 1 amide bonds. The fraction of sp³-hybridized carbons (Fsp3) is 0.273. The minimum atomic E-state index is -0.635. The zero-order chi connectivity index (χ0) is 20.5. The molecule has 0 aliphatic heterocycles. The second-order valence-corrected chi connectivity index (χ2v) is 8.55. The number of rotatable bonds is 5. The Morgan fingerprint density at radius 3 is 2.31 bits per heavy atom. The Kier molecular flexibility index (Phi) is 5.86. The smallest absolute Gasteiger partial charge is 0.292 e. The molecule has 1 aliphatic rings. The number of hydrogen-bond acceptors (Lipinski definition) is 2. The van der Waals surface area contributed by atoms with E-state index in [4.69, 9.17) is 34.8 Å². The van der Waals surface area contributed by atoms with Crippen LogP contribution < -0.4 is 5.32 Å². The Hall–Kier alpha value is -2.01. The molecular formula is C22H19Cl3N2O2. The van der Waals surface area contributed by atoms with Gasteiger partial charge in [0.15, 0.2) is 0 Å². The molecule has 150 valence electrons. The molecule has 0 atom stereocenters. The highest BCUT2D eigenvalue weighted by atomic mass is 35.5. The van der Waals surface area contributed by atoms with Gasteiger partial charge >= 0.3 is 0 Å². The maximum atomic E-state index is 13.0. The minimum Gasteiger partial charge on any atom is -0.346 e. The van der Waals surface area contributed by atoms with Crippen molar-refractivity contribution in [2.24, 2.45) is 0 Å². The summed E-state index contributed by atoms with van der Waals surface area (Å²) in [6, 6.07) is 12.7. The first-order valence-electron chi connectivity index (χ1n) is 9.51. The third-order valence-corrected chi connectivity index (χ3v) is 6.22. The van der Waals surface area contributed by atoms with Gasteiger partial charge in [-0.3, -0.25) is 9.59 Å². The number of benzene rings is 2. The number of halogens is 3. The highest BCUT2D eigenvalue weighted by molar-refractivity contribution is 6.49. The number of hydrogen-bond donors (Lipinski definition) is 1. The molecule has 0 unspecified atom stereocenters. The van der Waals surface area contributed by atoms with E-state index >= 15 is 0 Å². The quantitative estimate of drug-likeness (QED) is 0.390. The number of amides is 1. The van der Waals surface area contributed by atoms with Crippen LogP contribution in [-0.2, 0) is 11.3 Å². The first kappa shape index (κ1) is 20.3.